The lowest BCUT2D eigenvalue weighted by Gasteiger charge is -2.36. The number of piperazine rings is 1. The Morgan fingerprint density at radius 2 is 1.69 bits per heavy atom. The summed E-state index contributed by atoms with van der Waals surface area (Å²) in [6.07, 6.45) is 3.58. The second-order valence-corrected chi connectivity index (χ2v) is 7.07. The predicted octanol–water partition coefficient (Wildman–Crippen LogP) is 1.85. The number of nitrogens with one attached hydrogen (secondary N) is 1. The zero-order valence-electron chi connectivity index (χ0n) is 16.9. The highest BCUT2D eigenvalue weighted by Gasteiger charge is 2.24. The van der Waals surface area contributed by atoms with Crippen LogP contribution in [-0.4, -0.2) is 92.3 Å². The second kappa shape index (κ2) is 11.3. The average molecular weight is 368 g/mol. The van der Waals surface area contributed by atoms with Crippen molar-refractivity contribution in [2.75, 3.05) is 65.5 Å². The monoisotopic (exact) mass is 367 g/mol. The van der Waals surface area contributed by atoms with Crippen molar-refractivity contribution >= 4 is 12.1 Å². The fraction of sp³-hybridized carbons (Fsp3) is 0.895. The molecule has 1 amide bonds. The maximum Gasteiger partial charge on any atom is 0.409 e. The molecule has 2 heterocycles. The number of rotatable bonds is 6. The minimum absolute atomic E-state index is 0.201. The number of hydrogen-bond acceptors (Lipinski definition) is 4. The highest BCUT2D eigenvalue weighted by molar-refractivity contribution is 5.80. The molecule has 2 fully saturated rings. The Kier molecular flexibility index (Phi) is 9.01. The Morgan fingerprint density at radius 3 is 2.27 bits per heavy atom. The highest BCUT2D eigenvalue weighted by atomic mass is 16.6. The highest BCUT2D eigenvalue weighted by Crippen LogP contribution is 2.20. The molecule has 0 aromatic carbocycles. The van der Waals surface area contributed by atoms with E-state index in [0.717, 1.165) is 38.1 Å². The summed E-state index contributed by atoms with van der Waals surface area (Å²) < 4.78 is 5.09. The Hall–Kier alpha value is -1.50. The average Bonchev–Trinajstić information content (AvgIpc) is 2.68. The summed E-state index contributed by atoms with van der Waals surface area (Å²) in [5.74, 6) is 1.80. The van der Waals surface area contributed by atoms with Crippen LogP contribution in [0.1, 0.15) is 40.0 Å². The van der Waals surface area contributed by atoms with E-state index in [-0.39, 0.29) is 6.09 Å². The first kappa shape index (κ1) is 20.8. The van der Waals surface area contributed by atoms with Crippen LogP contribution >= 0.6 is 0 Å². The second-order valence-electron chi connectivity index (χ2n) is 7.07. The lowest BCUT2D eigenvalue weighted by molar-refractivity contribution is 0.0914. The van der Waals surface area contributed by atoms with Gasteiger partial charge in [-0.2, -0.15) is 0 Å². The molecule has 26 heavy (non-hydrogen) atoms. The van der Waals surface area contributed by atoms with Gasteiger partial charge in [-0.15, -0.1) is 0 Å². The molecule has 2 saturated heterocycles. The number of carbonyl (C=O) groups excluding carboxylic acids is 1. The molecule has 0 aromatic heterocycles. The molecule has 0 unspecified atom stereocenters. The molecule has 0 bridgehead atoms. The third kappa shape index (κ3) is 6.34. The topological polar surface area (TPSA) is 60.4 Å². The number of piperidine rings is 1. The van der Waals surface area contributed by atoms with Crippen LogP contribution in [0.2, 0.25) is 0 Å². The zero-order chi connectivity index (χ0) is 18.8. The number of guanidine groups is 1. The van der Waals surface area contributed by atoms with E-state index in [4.69, 9.17) is 9.73 Å². The van der Waals surface area contributed by atoms with E-state index in [0.29, 0.717) is 19.7 Å². The van der Waals surface area contributed by atoms with Crippen molar-refractivity contribution in [2.24, 2.45) is 10.9 Å². The summed E-state index contributed by atoms with van der Waals surface area (Å²) in [4.78, 5) is 23.3. The molecule has 150 valence electrons. The number of aliphatic imine (C=N–C) groups is 1. The van der Waals surface area contributed by atoms with Crippen molar-refractivity contribution in [1.82, 2.24) is 20.0 Å². The van der Waals surface area contributed by atoms with Gasteiger partial charge in [0.25, 0.3) is 0 Å². The minimum atomic E-state index is -0.201. The van der Waals surface area contributed by atoms with Crippen molar-refractivity contribution in [1.29, 1.82) is 0 Å². The SMILES string of the molecule is CCNC(=NCCC1CCN(CC)CC1)N1CCN(C(=O)OCC)CC1. The Balaban J connectivity index is 1.77. The molecule has 0 aromatic rings. The van der Waals surface area contributed by atoms with E-state index in [2.05, 4.69) is 29.0 Å². The summed E-state index contributed by atoms with van der Waals surface area (Å²) in [6, 6.07) is 0. The predicted molar refractivity (Wildman–Crippen MR) is 106 cm³/mol. The van der Waals surface area contributed by atoms with Gasteiger partial charge in [-0.05, 0) is 58.7 Å². The Labute approximate surface area is 158 Å². The van der Waals surface area contributed by atoms with Crippen LogP contribution in [0, 0.1) is 5.92 Å². The van der Waals surface area contributed by atoms with Crippen LogP contribution in [0.5, 0.6) is 0 Å². The maximum atomic E-state index is 11.8. The number of carbonyl (C=O) groups is 1. The Morgan fingerprint density at radius 1 is 1.04 bits per heavy atom. The molecule has 7 nitrogen and oxygen atoms in total. The van der Waals surface area contributed by atoms with Crippen molar-refractivity contribution in [3.05, 3.63) is 0 Å². The molecule has 1 N–H and O–H groups in total. The molecule has 0 aliphatic carbocycles. The molecule has 0 atom stereocenters. The normalized spacial score (nSPS) is 20.3. The first-order chi connectivity index (χ1) is 12.7. The summed E-state index contributed by atoms with van der Waals surface area (Å²) >= 11 is 0. The van der Waals surface area contributed by atoms with E-state index in [9.17, 15) is 4.79 Å². The van der Waals surface area contributed by atoms with Gasteiger partial charge in [0.2, 0.25) is 0 Å². The molecule has 0 radical (unpaired) electrons. The molecule has 2 aliphatic heterocycles. The molecule has 2 rings (SSSR count). The van der Waals surface area contributed by atoms with Crippen molar-refractivity contribution in [2.45, 2.75) is 40.0 Å². The van der Waals surface area contributed by atoms with Crippen LogP contribution in [-0.2, 0) is 4.74 Å². The van der Waals surface area contributed by atoms with Crippen LogP contribution in [0.15, 0.2) is 4.99 Å². The van der Waals surface area contributed by atoms with Gasteiger partial charge in [0.15, 0.2) is 5.96 Å². The molecule has 7 heteroatoms. The summed E-state index contributed by atoms with van der Waals surface area (Å²) in [5, 5.41) is 3.41. The minimum Gasteiger partial charge on any atom is -0.450 e. The smallest absolute Gasteiger partial charge is 0.409 e. The van der Waals surface area contributed by atoms with Gasteiger partial charge < -0.3 is 24.8 Å². The fourth-order valence-electron chi connectivity index (χ4n) is 3.69. The molecular formula is C19H37N5O2. The van der Waals surface area contributed by atoms with Gasteiger partial charge in [0.1, 0.15) is 0 Å². The standard InChI is InChI=1S/C19H37N5O2/c1-4-20-18(21-10-7-17-8-11-22(5-2)12-9-17)23-13-15-24(16-14-23)19(25)26-6-3/h17H,4-16H2,1-3H3,(H,20,21). The van der Waals surface area contributed by atoms with Crippen LogP contribution in [0.4, 0.5) is 4.79 Å². The van der Waals surface area contributed by atoms with E-state index >= 15 is 0 Å². The summed E-state index contributed by atoms with van der Waals surface area (Å²) in [6.45, 7) is 15.0. The lowest BCUT2D eigenvalue weighted by Crippen LogP contribution is -2.54. The molecule has 2 aliphatic rings. The summed E-state index contributed by atoms with van der Waals surface area (Å²) in [7, 11) is 0. The van der Waals surface area contributed by atoms with Gasteiger partial charge in [-0.3, -0.25) is 4.99 Å². The molecule has 0 saturated carbocycles. The van der Waals surface area contributed by atoms with Crippen LogP contribution in [0.25, 0.3) is 0 Å². The third-order valence-corrected chi connectivity index (χ3v) is 5.39. The molecule has 0 spiro atoms. The third-order valence-electron chi connectivity index (χ3n) is 5.39. The zero-order valence-corrected chi connectivity index (χ0v) is 16.9. The maximum absolute atomic E-state index is 11.8. The van der Waals surface area contributed by atoms with Gasteiger partial charge >= 0.3 is 6.09 Å². The van der Waals surface area contributed by atoms with Crippen molar-refractivity contribution < 1.29 is 9.53 Å². The molecular weight excluding hydrogens is 330 g/mol. The van der Waals surface area contributed by atoms with Crippen LogP contribution in [0.3, 0.4) is 0 Å². The first-order valence-electron chi connectivity index (χ1n) is 10.3. The number of ether oxygens (including phenoxy) is 1. The van der Waals surface area contributed by atoms with Crippen molar-refractivity contribution in [3.8, 4) is 0 Å². The number of likely N-dealkylation sites (tertiary alicyclic amines) is 1. The quantitative estimate of drug-likeness (QED) is 0.573. The van der Waals surface area contributed by atoms with E-state index in [1.54, 1.807) is 4.90 Å². The number of nitrogens with zero attached hydrogens (tertiary/aromatic N) is 4. The van der Waals surface area contributed by atoms with E-state index in [1.165, 1.54) is 38.9 Å². The lowest BCUT2D eigenvalue weighted by atomic mass is 9.94. The van der Waals surface area contributed by atoms with Gasteiger partial charge in [-0.1, -0.05) is 6.92 Å². The number of amides is 1. The first-order valence-corrected chi connectivity index (χ1v) is 10.3. The van der Waals surface area contributed by atoms with Gasteiger partial charge in [0, 0.05) is 39.3 Å². The largest absolute Gasteiger partial charge is 0.450 e. The summed E-state index contributed by atoms with van der Waals surface area (Å²) in [5.41, 5.74) is 0. The van der Waals surface area contributed by atoms with E-state index in [1.807, 2.05) is 6.92 Å². The number of hydrogen-bond donors (Lipinski definition) is 1. The van der Waals surface area contributed by atoms with Crippen LogP contribution < -0.4 is 5.32 Å². The van der Waals surface area contributed by atoms with Gasteiger partial charge in [0.05, 0.1) is 6.61 Å². The fourth-order valence-corrected chi connectivity index (χ4v) is 3.69. The van der Waals surface area contributed by atoms with Gasteiger partial charge in [-0.25, -0.2) is 4.79 Å². The van der Waals surface area contributed by atoms with E-state index < -0.39 is 0 Å². The van der Waals surface area contributed by atoms with Crippen molar-refractivity contribution in [3.63, 3.8) is 0 Å². The Bertz CT molecular complexity index is 441.